The van der Waals surface area contributed by atoms with Crippen LogP contribution in [0.1, 0.15) is 24.9 Å². The zero-order chi connectivity index (χ0) is 15.4. The maximum absolute atomic E-state index is 11.1. The number of benzene rings is 1. The lowest BCUT2D eigenvalue weighted by molar-refractivity contribution is 0.561. The summed E-state index contributed by atoms with van der Waals surface area (Å²) >= 11 is 0. The molecule has 1 aromatic carbocycles. The molecule has 0 aromatic heterocycles. The quantitative estimate of drug-likeness (QED) is 0.708. The number of primary sulfonamides is 1. The van der Waals surface area contributed by atoms with Gasteiger partial charge in [-0.15, -0.1) is 0 Å². The van der Waals surface area contributed by atoms with Crippen LogP contribution >= 0.6 is 0 Å². The molecule has 0 fully saturated rings. The fourth-order valence-corrected chi connectivity index (χ4v) is 2.90. The molecule has 0 aliphatic rings. The Hall–Kier alpha value is -0.960. The van der Waals surface area contributed by atoms with Crippen molar-refractivity contribution in [3.05, 3.63) is 29.8 Å². The smallest absolute Gasteiger partial charge is 0.238 e. The molecule has 20 heavy (non-hydrogen) atoms. The fourth-order valence-electron chi connectivity index (χ4n) is 1.72. The van der Waals surface area contributed by atoms with Crippen molar-refractivity contribution in [3.8, 4) is 0 Å². The average molecular weight is 320 g/mol. The van der Waals surface area contributed by atoms with Crippen molar-refractivity contribution in [2.45, 2.75) is 24.3 Å². The van der Waals surface area contributed by atoms with Gasteiger partial charge in [-0.1, -0.05) is 12.1 Å². The van der Waals surface area contributed by atoms with Gasteiger partial charge >= 0.3 is 0 Å². The van der Waals surface area contributed by atoms with E-state index in [0.717, 1.165) is 5.56 Å². The highest BCUT2D eigenvalue weighted by molar-refractivity contribution is 7.90. The predicted molar refractivity (Wildman–Crippen MR) is 78.6 cm³/mol. The molecule has 0 saturated heterocycles. The van der Waals surface area contributed by atoms with Gasteiger partial charge in [-0.25, -0.2) is 22.0 Å². The minimum Gasteiger partial charge on any atom is -0.310 e. The number of nitrogens with one attached hydrogen (secondary N) is 1. The first kappa shape index (κ1) is 17.1. The van der Waals surface area contributed by atoms with Crippen molar-refractivity contribution in [2.75, 3.05) is 18.6 Å². The van der Waals surface area contributed by atoms with E-state index >= 15 is 0 Å². The first-order valence-electron chi connectivity index (χ1n) is 6.13. The Kier molecular flexibility index (Phi) is 5.69. The number of hydrogen-bond acceptors (Lipinski definition) is 5. The summed E-state index contributed by atoms with van der Waals surface area (Å²) in [5.41, 5.74) is 0.914. The van der Waals surface area contributed by atoms with Crippen LogP contribution in [0.2, 0.25) is 0 Å². The Morgan fingerprint density at radius 3 is 2.15 bits per heavy atom. The second kappa shape index (κ2) is 6.66. The van der Waals surface area contributed by atoms with Crippen molar-refractivity contribution >= 4 is 19.9 Å². The van der Waals surface area contributed by atoms with Gasteiger partial charge in [0.05, 0.1) is 10.6 Å². The molecule has 0 spiro atoms. The largest absolute Gasteiger partial charge is 0.310 e. The van der Waals surface area contributed by atoms with E-state index in [9.17, 15) is 16.8 Å². The van der Waals surface area contributed by atoms with Gasteiger partial charge in [0, 0.05) is 12.3 Å². The lowest BCUT2D eigenvalue weighted by Crippen LogP contribution is -2.22. The van der Waals surface area contributed by atoms with Gasteiger partial charge in [0.1, 0.15) is 9.84 Å². The van der Waals surface area contributed by atoms with E-state index in [4.69, 9.17) is 5.14 Å². The number of rotatable bonds is 7. The Morgan fingerprint density at radius 1 is 1.15 bits per heavy atom. The van der Waals surface area contributed by atoms with Crippen molar-refractivity contribution < 1.29 is 16.8 Å². The summed E-state index contributed by atoms with van der Waals surface area (Å²) in [6, 6.07) is 6.30. The van der Waals surface area contributed by atoms with Crippen molar-refractivity contribution in [1.82, 2.24) is 5.32 Å². The van der Waals surface area contributed by atoms with E-state index < -0.39 is 19.9 Å². The zero-order valence-electron chi connectivity index (χ0n) is 11.5. The Labute approximate surface area is 120 Å². The molecular weight excluding hydrogens is 300 g/mol. The van der Waals surface area contributed by atoms with E-state index in [1.165, 1.54) is 18.4 Å². The van der Waals surface area contributed by atoms with Crippen LogP contribution in [0.25, 0.3) is 0 Å². The summed E-state index contributed by atoms with van der Waals surface area (Å²) in [4.78, 5) is 0.0746. The SMILES string of the molecule is CC(NCCCS(C)(=O)=O)c1ccc(S(N)(=O)=O)cc1. The highest BCUT2D eigenvalue weighted by Crippen LogP contribution is 2.15. The minimum atomic E-state index is -3.67. The molecule has 1 aromatic rings. The van der Waals surface area contributed by atoms with Crippen LogP contribution in [-0.2, 0) is 19.9 Å². The molecule has 1 unspecified atom stereocenters. The molecule has 1 atom stereocenters. The van der Waals surface area contributed by atoms with Crippen LogP contribution in [0.3, 0.4) is 0 Å². The zero-order valence-corrected chi connectivity index (χ0v) is 13.2. The Balaban J connectivity index is 2.54. The minimum absolute atomic E-state index is 0.00379. The normalized spacial score (nSPS) is 14.2. The summed E-state index contributed by atoms with van der Waals surface area (Å²) in [6.45, 7) is 2.50. The van der Waals surface area contributed by atoms with Crippen LogP contribution in [0.4, 0.5) is 0 Å². The van der Waals surface area contributed by atoms with Crippen molar-refractivity contribution in [1.29, 1.82) is 0 Å². The third-order valence-electron chi connectivity index (χ3n) is 2.85. The van der Waals surface area contributed by atoms with Gasteiger partial charge in [0.2, 0.25) is 10.0 Å². The van der Waals surface area contributed by atoms with Crippen LogP contribution in [-0.4, -0.2) is 35.4 Å². The molecule has 8 heteroatoms. The first-order chi connectivity index (χ1) is 9.09. The molecular formula is C12H20N2O4S2. The van der Waals surface area contributed by atoms with E-state index in [-0.39, 0.29) is 16.7 Å². The van der Waals surface area contributed by atoms with Gasteiger partial charge in [-0.2, -0.15) is 0 Å². The molecule has 0 aliphatic heterocycles. The van der Waals surface area contributed by atoms with Crippen LogP contribution in [0, 0.1) is 0 Å². The lowest BCUT2D eigenvalue weighted by Gasteiger charge is -2.14. The van der Waals surface area contributed by atoms with Crippen LogP contribution in [0.5, 0.6) is 0 Å². The molecule has 0 amide bonds. The standard InChI is InChI=1S/C12H20N2O4S2/c1-10(14-8-3-9-19(2,15)16)11-4-6-12(7-5-11)20(13,17)18/h4-7,10,14H,3,8-9H2,1-2H3,(H2,13,17,18). The Morgan fingerprint density at radius 2 is 1.70 bits per heavy atom. The van der Waals surface area contributed by atoms with E-state index in [1.807, 2.05) is 6.92 Å². The number of nitrogens with two attached hydrogens (primary N) is 1. The van der Waals surface area contributed by atoms with E-state index in [0.29, 0.717) is 13.0 Å². The third-order valence-corrected chi connectivity index (χ3v) is 4.81. The summed E-state index contributed by atoms with van der Waals surface area (Å²) in [7, 11) is -6.60. The summed E-state index contributed by atoms with van der Waals surface area (Å²) < 4.78 is 44.2. The highest BCUT2D eigenvalue weighted by atomic mass is 32.2. The molecule has 3 N–H and O–H groups in total. The van der Waals surface area contributed by atoms with Gasteiger partial charge in [-0.3, -0.25) is 0 Å². The summed E-state index contributed by atoms with van der Waals surface area (Å²) in [6.07, 6.45) is 1.75. The average Bonchev–Trinajstić information content (AvgIpc) is 2.32. The molecule has 0 heterocycles. The van der Waals surface area contributed by atoms with Crippen LogP contribution in [0.15, 0.2) is 29.2 Å². The maximum atomic E-state index is 11.1. The van der Waals surface area contributed by atoms with Gasteiger partial charge in [-0.05, 0) is 37.6 Å². The van der Waals surface area contributed by atoms with Crippen molar-refractivity contribution in [2.24, 2.45) is 5.14 Å². The third kappa shape index (κ3) is 6.00. The van der Waals surface area contributed by atoms with Gasteiger partial charge in [0.25, 0.3) is 0 Å². The summed E-state index contributed by atoms with van der Waals surface area (Å²) in [5.74, 6) is 0.150. The number of sulfone groups is 1. The lowest BCUT2D eigenvalue weighted by atomic mass is 10.1. The predicted octanol–water partition coefficient (Wildman–Crippen LogP) is 0.419. The molecule has 0 bridgehead atoms. The molecule has 1 rings (SSSR count). The van der Waals surface area contributed by atoms with Gasteiger partial charge in [0.15, 0.2) is 0 Å². The second-order valence-electron chi connectivity index (χ2n) is 4.77. The topological polar surface area (TPSA) is 106 Å². The Bertz CT molecular complexity index is 637. The van der Waals surface area contributed by atoms with E-state index in [1.54, 1.807) is 12.1 Å². The monoisotopic (exact) mass is 320 g/mol. The van der Waals surface area contributed by atoms with Crippen molar-refractivity contribution in [3.63, 3.8) is 0 Å². The number of hydrogen-bond donors (Lipinski definition) is 2. The fraction of sp³-hybridized carbons (Fsp3) is 0.500. The van der Waals surface area contributed by atoms with Gasteiger partial charge < -0.3 is 5.32 Å². The number of sulfonamides is 1. The highest BCUT2D eigenvalue weighted by Gasteiger charge is 2.10. The maximum Gasteiger partial charge on any atom is 0.238 e. The molecule has 0 radical (unpaired) electrons. The molecule has 6 nitrogen and oxygen atoms in total. The first-order valence-corrected chi connectivity index (χ1v) is 9.74. The molecule has 0 aliphatic carbocycles. The van der Waals surface area contributed by atoms with E-state index in [2.05, 4.69) is 5.32 Å². The second-order valence-corrected chi connectivity index (χ2v) is 8.59. The molecule has 114 valence electrons. The summed E-state index contributed by atoms with van der Waals surface area (Å²) in [5, 5.41) is 8.21. The van der Waals surface area contributed by atoms with Crippen LogP contribution < -0.4 is 10.5 Å². The molecule has 0 saturated carbocycles.